The number of hydrogen-bond acceptors (Lipinski definition) is 3. The molecule has 6 heteroatoms. The van der Waals surface area contributed by atoms with E-state index in [1.807, 2.05) is 48.9 Å². The van der Waals surface area contributed by atoms with Crippen molar-refractivity contribution in [3.8, 4) is 5.69 Å². The van der Waals surface area contributed by atoms with E-state index in [1.165, 1.54) is 17.0 Å². The Morgan fingerprint density at radius 3 is 2.42 bits per heavy atom. The van der Waals surface area contributed by atoms with Gasteiger partial charge in [0.05, 0.1) is 17.8 Å². The standard InChI is InChI=1S/C25H23N5S/c1-18-10-11-22(30(18)20-7-3-2-4-8-20)24-23(21-9-5-6-14-27-21)28-25(31)29(24)17-19-12-15-26-16-13-19/h2-16,23-24H,17H2,1H3,(H,28,31)/t23-,24-/m1/s1. The molecule has 3 aromatic heterocycles. The highest BCUT2D eigenvalue weighted by Gasteiger charge is 2.41. The average molecular weight is 426 g/mol. The van der Waals surface area contributed by atoms with Gasteiger partial charge in [0.2, 0.25) is 0 Å². The number of hydrogen-bond donors (Lipinski definition) is 1. The first-order valence-electron chi connectivity index (χ1n) is 10.3. The molecule has 0 radical (unpaired) electrons. The largest absolute Gasteiger partial charge is 0.352 e. The number of thiocarbonyl (C=S) groups is 1. The fraction of sp³-hybridized carbons (Fsp3) is 0.160. The predicted octanol–water partition coefficient (Wildman–Crippen LogP) is 4.75. The zero-order valence-electron chi connectivity index (χ0n) is 17.2. The first-order chi connectivity index (χ1) is 15.2. The van der Waals surface area contributed by atoms with Crippen molar-refractivity contribution in [1.29, 1.82) is 0 Å². The molecule has 31 heavy (non-hydrogen) atoms. The summed E-state index contributed by atoms with van der Waals surface area (Å²) >= 11 is 5.82. The van der Waals surface area contributed by atoms with Gasteiger partial charge in [0.25, 0.3) is 0 Å². The number of aromatic nitrogens is 3. The van der Waals surface area contributed by atoms with E-state index in [9.17, 15) is 0 Å². The number of benzene rings is 1. The predicted molar refractivity (Wildman–Crippen MR) is 126 cm³/mol. The normalized spacial score (nSPS) is 18.2. The highest BCUT2D eigenvalue weighted by Crippen LogP contribution is 2.40. The lowest BCUT2D eigenvalue weighted by Crippen LogP contribution is -2.30. The fourth-order valence-corrected chi connectivity index (χ4v) is 4.61. The summed E-state index contributed by atoms with van der Waals surface area (Å²) in [6.45, 7) is 2.83. The second kappa shape index (κ2) is 8.32. The van der Waals surface area contributed by atoms with Crippen LogP contribution in [0.15, 0.2) is 91.4 Å². The van der Waals surface area contributed by atoms with Gasteiger partial charge >= 0.3 is 0 Å². The Kier molecular flexibility index (Phi) is 5.22. The van der Waals surface area contributed by atoms with Crippen LogP contribution in [0.3, 0.4) is 0 Å². The highest BCUT2D eigenvalue weighted by molar-refractivity contribution is 7.80. The monoisotopic (exact) mass is 425 g/mol. The molecule has 1 aromatic carbocycles. The molecule has 5 nitrogen and oxygen atoms in total. The minimum atomic E-state index is -0.0488. The average Bonchev–Trinajstić information content (AvgIpc) is 3.35. The van der Waals surface area contributed by atoms with E-state index in [2.05, 4.69) is 74.1 Å². The lowest BCUT2D eigenvalue weighted by molar-refractivity contribution is 0.302. The van der Waals surface area contributed by atoms with Crippen LogP contribution in [0.2, 0.25) is 0 Å². The van der Waals surface area contributed by atoms with E-state index in [-0.39, 0.29) is 12.1 Å². The Balaban J connectivity index is 1.63. The summed E-state index contributed by atoms with van der Waals surface area (Å²) in [5, 5.41) is 4.28. The number of nitrogens with one attached hydrogen (secondary N) is 1. The molecule has 1 fully saturated rings. The smallest absolute Gasteiger partial charge is 0.170 e. The zero-order valence-corrected chi connectivity index (χ0v) is 18.0. The van der Waals surface area contributed by atoms with Crippen molar-refractivity contribution in [2.24, 2.45) is 0 Å². The van der Waals surface area contributed by atoms with Crippen molar-refractivity contribution < 1.29 is 0 Å². The Labute approximate surface area is 187 Å². The maximum atomic E-state index is 5.82. The summed E-state index contributed by atoms with van der Waals surface area (Å²) in [4.78, 5) is 11.1. The zero-order chi connectivity index (χ0) is 21.2. The summed E-state index contributed by atoms with van der Waals surface area (Å²) in [6, 6.07) is 24.9. The molecule has 4 heterocycles. The molecule has 5 rings (SSSR count). The van der Waals surface area contributed by atoms with Crippen molar-refractivity contribution in [2.45, 2.75) is 25.6 Å². The maximum Gasteiger partial charge on any atom is 0.170 e. The van der Waals surface area contributed by atoms with Crippen molar-refractivity contribution in [1.82, 2.24) is 24.8 Å². The van der Waals surface area contributed by atoms with Crippen molar-refractivity contribution in [3.63, 3.8) is 0 Å². The molecule has 0 unspecified atom stereocenters. The highest BCUT2D eigenvalue weighted by atomic mass is 32.1. The van der Waals surface area contributed by atoms with Crippen LogP contribution in [-0.2, 0) is 6.54 Å². The molecule has 2 atom stereocenters. The lowest BCUT2D eigenvalue weighted by atomic mass is 10.0. The van der Waals surface area contributed by atoms with E-state index in [4.69, 9.17) is 12.2 Å². The maximum absolute atomic E-state index is 5.82. The third-order valence-electron chi connectivity index (χ3n) is 5.72. The molecule has 0 aliphatic carbocycles. The van der Waals surface area contributed by atoms with Crippen LogP contribution < -0.4 is 5.32 Å². The van der Waals surface area contributed by atoms with Crippen molar-refractivity contribution >= 4 is 17.3 Å². The molecule has 0 amide bonds. The second-order valence-corrected chi connectivity index (χ2v) is 8.07. The van der Waals surface area contributed by atoms with Crippen LogP contribution in [0.4, 0.5) is 0 Å². The third kappa shape index (κ3) is 3.70. The van der Waals surface area contributed by atoms with Gasteiger partial charge in [-0.05, 0) is 73.2 Å². The second-order valence-electron chi connectivity index (χ2n) is 7.68. The number of para-hydroxylation sites is 1. The van der Waals surface area contributed by atoms with Gasteiger partial charge in [-0.3, -0.25) is 9.97 Å². The number of pyridine rings is 2. The Morgan fingerprint density at radius 2 is 1.68 bits per heavy atom. The molecule has 1 aliphatic rings. The molecule has 154 valence electrons. The summed E-state index contributed by atoms with van der Waals surface area (Å²) < 4.78 is 2.32. The summed E-state index contributed by atoms with van der Waals surface area (Å²) in [5.41, 5.74) is 5.65. The van der Waals surface area contributed by atoms with Gasteiger partial charge in [-0.1, -0.05) is 24.3 Å². The molecule has 1 saturated heterocycles. The minimum absolute atomic E-state index is 0.00975. The first-order valence-corrected chi connectivity index (χ1v) is 10.7. The van der Waals surface area contributed by atoms with Crippen molar-refractivity contribution in [3.05, 3.63) is 114 Å². The van der Waals surface area contributed by atoms with Gasteiger partial charge in [-0.15, -0.1) is 0 Å². The third-order valence-corrected chi connectivity index (χ3v) is 6.08. The molecule has 1 N–H and O–H groups in total. The van der Waals surface area contributed by atoms with Crippen LogP contribution in [0.1, 0.15) is 34.7 Å². The molecule has 0 bridgehead atoms. The molecular weight excluding hydrogens is 402 g/mol. The van der Waals surface area contributed by atoms with E-state index < -0.39 is 0 Å². The van der Waals surface area contributed by atoms with Crippen LogP contribution >= 0.6 is 12.2 Å². The molecule has 0 saturated carbocycles. The number of aryl methyl sites for hydroxylation is 1. The summed E-state index contributed by atoms with van der Waals surface area (Å²) in [7, 11) is 0. The molecular formula is C25H23N5S. The Morgan fingerprint density at radius 1 is 0.903 bits per heavy atom. The fourth-order valence-electron chi connectivity index (χ4n) is 4.30. The van der Waals surface area contributed by atoms with Gasteiger partial charge in [-0.2, -0.15) is 0 Å². The van der Waals surface area contributed by atoms with Gasteiger partial charge in [0, 0.05) is 42.2 Å². The van der Waals surface area contributed by atoms with Crippen LogP contribution in [0.25, 0.3) is 5.69 Å². The molecule has 1 aliphatic heterocycles. The van der Waals surface area contributed by atoms with Crippen LogP contribution in [0, 0.1) is 6.92 Å². The first kappa shape index (κ1) is 19.5. The lowest BCUT2D eigenvalue weighted by Gasteiger charge is -2.29. The Hall–Kier alpha value is -3.51. The molecule has 4 aromatic rings. The quantitative estimate of drug-likeness (QED) is 0.468. The Bertz CT molecular complexity index is 1170. The van der Waals surface area contributed by atoms with E-state index in [0.29, 0.717) is 6.54 Å². The van der Waals surface area contributed by atoms with Gasteiger partial charge in [0.1, 0.15) is 0 Å². The van der Waals surface area contributed by atoms with Crippen molar-refractivity contribution in [2.75, 3.05) is 0 Å². The van der Waals surface area contributed by atoms with E-state index in [1.54, 1.807) is 0 Å². The van der Waals surface area contributed by atoms with Gasteiger partial charge < -0.3 is 14.8 Å². The summed E-state index contributed by atoms with van der Waals surface area (Å²) in [6.07, 6.45) is 5.48. The van der Waals surface area contributed by atoms with Crippen LogP contribution in [-0.4, -0.2) is 24.5 Å². The summed E-state index contributed by atoms with van der Waals surface area (Å²) in [5.74, 6) is 0. The SMILES string of the molecule is Cc1ccc([C@@H]2[C@@H](c3ccccn3)NC(=S)N2Cc2ccncc2)n1-c1ccccc1. The van der Waals surface area contributed by atoms with Crippen LogP contribution in [0.5, 0.6) is 0 Å². The topological polar surface area (TPSA) is 46.0 Å². The van der Waals surface area contributed by atoms with E-state index >= 15 is 0 Å². The van der Waals surface area contributed by atoms with Gasteiger partial charge in [-0.25, -0.2) is 0 Å². The number of nitrogens with zero attached hydrogens (tertiary/aromatic N) is 4. The van der Waals surface area contributed by atoms with Gasteiger partial charge in [0.15, 0.2) is 5.11 Å². The number of rotatable bonds is 5. The molecule has 0 spiro atoms. The minimum Gasteiger partial charge on any atom is -0.352 e. The van der Waals surface area contributed by atoms with E-state index in [0.717, 1.165) is 16.5 Å².